The Morgan fingerprint density at radius 3 is 2.32 bits per heavy atom. The molecular formula is C22H21IN6O2. The summed E-state index contributed by atoms with van der Waals surface area (Å²) in [7, 11) is 0. The summed E-state index contributed by atoms with van der Waals surface area (Å²) in [5.74, 6) is -0.942. The molecule has 0 spiro atoms. The summed E-state index contributed by atoms with van der Waals surface area (Å²) >= 11 is 2.19. The lowest BCUT2D eigenvalue weighted by atomic mass is 10.2. The van der Waals surface area contributed by atoms with Crippen molar-refractivity contribution < 1.29 is 9.59 Å². The second-order valence-electron chi connectivity index (χ2n) is 6.40. The molecule has 0 radical (unpaired) electrons. The number of halogens is 1. The van der Waals surface area contributed by atoms with Gasteiger partial charge in [-0.2, -0.15) is 15.6 Å². The van der Waals surface area contributed by atoms with Gasteiger partial charge in [-0.1, -0.05) is 24.3 Å². The van der Waals surface area contributed by atoms with Gasteiger partial charge in [-0.05, 0) is 52.4 Å². The minimum atomic E-state index is -0.518. The van der Waals surface area contributed by atoms with E-state index in [1.165, 1.54) is 6.21 Å². The van der Waals surface area contributed by atoms with Crippen molar-refractivity contribution in [2.75, 3.05) is 23.3 Å². The van der Waals surface area contributed by atoms with E-state index < -0.39 is 11.8 Å². The standard InChI is InChI=1S/C22H21IN6O2/c23-19-14-17(8-9-20(19)29(12-4-10-24)13-5-11-25)16-26-28-22(31)15-21(30)27-18-6-2-1-3-7-18/h1-3,6-9,14,16H,4-5,12-13,15H2,(H,27,30)(H,28,31)/b26-16+. The molecule has 0 aromatic heterocycles. The predicted molar refractivity (Wildman–Crippen MR) is 127 cm³/mol. The third kappa shape index (κ3) is 8.44. The van der Waals surface area contributed by atoms with Crippen molar-refractivity contribution in [2.24, 2.45) is 5.10 Å². The Bertz CT molecular complexity index is 993. The van der Waals surface area contributed by atoms with Gasteiger partial charge in [0.2, 0.25) is 11.8 Å². The third-order valence-electron chi connectivity index (χ3n) is 4.08. The SMILES string of the molecule is N#CCCN(CCC#N)c1ccc(/C=N/NC(=O)CC(=O)Nc2ccccc2)cc1I. The molecular weight excluding hydrogens is 507 g/mol. The van der Waals surface area contributed by atoms with Crippen molar-refractivity contribution in [1.29, 1.82) is 10.5 Å². The van der Waals surface area contributed by atoms with Gasteiger partial charge >= 0.3 is 0 Å². The number of nitrogens with one attached hydrogen (secondary N) is 2. The van der Waals surface area contributed by atoms with Crippen LogP contribution in [-0.4, -0.2) is 31.1 Å². The molecule has 0 saturated carbocycles. The number of hydrazone groups is 1. The lowest BCUT2D eigenvalue weighted by Crippen LogP contribution is -2.26. The number of carbonyl (C=O) groups is 2. The number of benzene rings is 2. The van der Waals surface area contributed by atoms with Crippen LogP contribution in [0.2, 0.25) is 0 Å². The molecule has 9 heteroatoms. The highest BCUT2D eigenvalue weighted by molar-refractivity contribution is 14.1. The molecule has 0 saturated heterocycles. The van der Waals surface area contributed by atoms with Crippen LogP contribution in [0.25, 0.3) is 0 Å². The van der Waals surface area contributed by atoms with E-state index in [0.29, 0.717) is 31.6 Å². The fourth-order valence-corrected chi connectivity index (χ4v) is 3.55. The first kappa shape index (κ1) is 23.8. The largest absolute Gasteiger partial charge is 0.369 e. The first-order valence-corrected chi connectivity index (χ1v) is 10.6. The van der Waals surface area contributed by atoms with E-state index in [1.54, 1.807) is 24.3 Å². The maximum absolute atomic E-state index is 11.9. The van der Waals surface area contributed by atoms with Crippen LogP contribution in [0.15, 0.2) is 53.6 Å². The number of nitriles is 2. The topological polar surface area (TPSA) is 121 Å². The summed E-state index contributed by atoms with van der Waals surface area (Å²) in [6, 6.07) is 18.8. The van der Waals surface area contributed by atoms with Crippen LogP contribution in [0.4, 0.5) is 11.4 Å². The van der Waals surface area contributed by atoms with Gasteiger partial charge in [-0.15, -0.1) is 0 Å². The van der Waals surface area contributed by atoms with E-state index in [2.05, 4.69) is 50.6 Å². The summed E-state index contributed by atoms with van der Waals surface area (Å²) in [4.78, 5) is 25.8. The molecule has 2 amide bonds. The van der Waals surface area contributed by atoms with E-state index in [1.807, 2.05) is 29.2 Å². The van der Waals surface area contributed by atoms with Crippen molar-refractivity contribution in [1.82, 2.24) is 5.43 Å². The molecule has 0 fully saturated rings. The first-order valence-electron chi connectivity index (χ1n) is 9.48. The van der Waals surface area contributed by atoms with Gasteiger partial charge in [0.1, 0.15) is 6.42 Å². The monoisotopic (exact) mass is 528 g/mol. The maximum Gasteiger partial charge on any atom is 0.249 e. The lowest BCUT2D eigenvalue weighted by molar-refractivity contribution is -0.126. The van der Waals surface area contributed by atoms with E-state index >= 15 is 0 Å². The number of nitrogens with zero attached hydrogens (tertiary/aromatic N) is 4. The van der Waals surface area contributed by atoms with Crippen LogP contribution in [0.1, 0.15) is 24.8 Å². The third-order valence-corrected chi connectivity index (χ3v) is 4.95. The summed E-state index contributed by atoms with van der Waals surface area (Å²) in [5.41, 5.74) is 4.67. The van der Waals surface area contributed by atoms with E-state index in [-0.39, 0.29) is 6.42 Å². The molecule has 31 heavy (non-hydrogen) atoms. The molecule has 2 aromatic rings. The van der Waals surface area contributed by atoms with Crippen LogP contribution < -0.4 is 15.6 Å². The zero-order valence-electron chi connectivity index (χ0n) is 16.7. The maximum atomic E-state index is 11.9. The van der Waals surface area contributed by atoms with Crippen molar-refractivity contribution >= 4 is 52.0 Å². The molecule has 0 aliphatic heterocycles. The van der Waals surface area contributed by atoms with Crippen LogP contribution in [0.3, 0.4) is 0 Å². The number of amides is 2. The smallest absolute Gasteiger partial charge is 0.249 e. The molecule has 0 atom stereocenters. The van der Waals surface area contributed by atoms with Gasteiger partial charge in [0.15, 0.2) is 0 Å². The number of hydrogen-bond acceptors (Lipinski definition) is 6. The molecule has 0 aliphatic carbocycles. The van der Waals surface area contributed by atoms with Gasteiger partial charge in [-0.25, -0.2) is 5.43 Å². The second kappa shape index (κ2) is 13.0. The number of rotatable bonds is 10. The summed E-state index contributed by atoms with van der Waals surface area (Å²) in [6.07, 6.45) is 1.90. The Morgan fingerprint density at radius 1 is 1.03 bits per heavy atom. The number of anilines is 2. The quantitative estimate of drug-likeness (QED) is 0.212. The van der Waals surface area contributed by atoms with Crippen molar-refractivity contribution in [2.45, 2.75) is 19.3 Å². The molecule has 2 rings (SSSR count). The highest BCUT2D eigenvalue weighted by atomic mass is 127. The second-order valence-corrected chi connectivity index (χ2v) is 7.56. The molecule has 8 nitrogen and oxygen atoms in total. The fraction of sp³-hybridized carbons (Fsp3) is 0.227. The number of hydrogen-bond donors (Lipinski definition) is 2. The fourth-order valence-electron chi connectivity index (χ4n) is 2.67. The molecule has 0 heterocycles. The Labute approximate surface area is 194 Å². The molecule has 0 unspecified atom stereocenters. The minimum Gasteiger partial charge on any atom is -0.369 e. The number of carbonyl (C=O) groups excluding carboxylic acids is 2. The van der Waals surface area contributed by atoms with Gasteiger partial charge < -0.3 is 10.2 Å². The Morgan fingerprint density at radius 2 is 1.71 bits per heavy atom. The summed E-state index contributed by atoms with van der Waals surface area (Å²) in [5, 5.41) is 24.2. The van der Waals surface area contributed by atoms with Gasteiger partial charge in [0.25, 0.3) is 0 Å². The molecule has 2 aromatic carbocycles. The van der Waals surface area contributed by atoms with E-state index in [0.717, 1.165) is 14.8 Å². The van der Waals surface area contributed by atoms with Crippen LogP contribution in [0, 0.1) is 26.2 Å². The molecule has 0 aliphatic rings. The number of para-hydroxylation sites is 1. The van der Waals surface area contributed by atoms with Crippen molar-refractivity contribution in [3.8, 4) is 12.1 Å². The summed E-state index contributed by atoms with van der Waals surface area (Å²) < 4.78 is 0.936. The van der Waals surface area contributed by atoms with Crippen molar-refractivity contribution in [3.63, 3.8) is 0 Å². The highest BCUT2D eigenvalue weighted by Gasteiger charge is 2.11. The van der Waals surface area contributed by atoms with Gasteiger partial charge in [-0.3, -0.25) is 9.59 Å². The zero-order chi connectivity index (χ0) is 22.5. The molecule has 2 N–H and O–H groups in total. The zero-order valence-corrected chi connectivity index (χ0v) is 18.9. The van der Waals surface area contributed by atoms with Crippen LogP contribution in [-0.2, 0) is 9.59 Å². The van der Waals surface area contributed by atoms with Crippen LogP contribution in [0.5, 0.6) is 0 Å². The predicted octanol–water partition coefficient (Wildman–Crippen LogP) is 3.40. The van der Waals surface area contributed by atoms with Crippen LogP contribution >= 0.6 is 22.6 Å². The summed E-state index contributed by atoms with van der Waals surface area (Å²) in [6.45, 7) is 1.09. The Kier molecular flexibility index (Phi) is 9.98. The van der Waals surface area contributed by atoms with Gasteiger partial charge in [0.05, 0.1) is 36.9 Å². The molecule has 158 valence electrons. The highest BCUT2D eigenvalue weighted by Crippen LogP contribution is 2.24. The Balaban J connectivity index is 1.91. The van der Waals surface area contributed by atoms with Crippen molar-refractivity contribution in [3.05, 3.63) is 57.7 Å². The van der Waals surface area contributed by atoms with E-state index in [9.17, 15) is 9.59 Å². The molecule has 0 bridgehead atoms. The Hall–Kier alpha value is -3.44. The van der Waals surface area contributed by atoms with Gasteiger partial charge in [0, 0.05) is 22.3 Å². The average molecular weight is 528 g/mol. The van der Waals surface area contributed by atoms with E-state index in [4.69, 9.17) is 10.5 Å². The first-order chi connectivity index (χ1) is 15.0. The lowest BCUT2D eigenvalue weighted by Gasteiger charge is -2.24. The normalized spacial score (nSPS) is 10.2. The average Bonchev–Trinajstić information content (AvgIpc) is 2.75. The minimum absolute atomic E-state index is 0.338.